The molecule has 1 aliphatic heterocycles. The predicted molar refractivity (Wildman–Crippen MR) is 86.9 cm³/mol. The molecule has 0 bridgehead atoms. The molecule has 1 saturated heterocycles. The number of aryl methyl sites for hydroxylation is 1. The Morgan fingerprint density at radius 2 is 2.12 bits per heavy atom. The van der Waals surface area contributed by atoms with E-state index in [2.05, 4.69) is 4.98 Å². The van der Waals surface area contributed by atoms with Gasteiger partial charge in [0.1, 0.15) is 11.5 Å². The van der Waals surface area contributed by atoms with Crippen LogP contribution in [-0.2, 0) is 4.79 Å². The summed E-state index contributed by atoms with van der Waals surface area (Å²) in [6.07, 6.45) is 2.64. The Balaban J connectivity index is 1.99. The Hall–Kier alpha value is -2.96. The molecular weight excluding hydrogens is 310 g/mol. The fourth-order valence-electron chi connectivity index (χ4n) is 2.81. The summed E-state index contributed by atoms with van der Waals surface area (Å²) in [5.74, 6) is 1.06. The molecule has 1 aromatic heterocycles. The van der Waals surface area contributed by atoms with Crippen LogP contribution in [-0.4, -0.2) is 27.8 Å². The SMILES string of the molecule is Cc1ccc(Oc2ccc([N+](=O)[O-])cc2C2CCC(=O)N2C)cn1. The molecule has 24 heavy (non-hydrogen) atoms. The third-order valence-electron chi connectivity index (χ3n) is 4.17. The van der Waals surface area contributed by atoms with Crippen LogP contribution in [0.4, 0.5) is 5.69 Å². The molecule has 3 rings (SSSR count). The summed E-state index contributed by atoms with van der Waals surface area (Å²) in [6, 6.07) is 7.84. The number of ether oxygens (including phenoxy) is 1. The third-order valence-corrected chi connectivity index (χ3v) is 4.17. The van der Waals surface area contributed by atoms with E-state index >= 15 is 0 Å². The zero-order valence-corrected chi connectivity index (χ0v) is 13.4. The van der Waals surface area contributed by atoms with Crippen LogP contribution in [0.5, 0.6) is 11.5 Å². The molecule has 0 radical (unpaired) electrons. The largest absolute Gasteiger partial charge is 0.455 e. The molecule has 0 aliphatic carbocycles. The van der Waals surface area contributed by atoms with Crippen LogP contribution in [0, 0.1) is 17.0 Å². The van der Waals surface area contributed by atoms with Gasteiger partial charge in [-0.3, -0.25) is 19.9 Å². The maximum absolute atomic E-state index is 11.8. The van der Waals surface area contributed by atoms with E-state index in [4.69, 9.17) is 4.74 Å². The summed E-state index contributed by atoms with van der Waals surface area (Å²) in [4.78, 5) is 28.3. The number of pyridine rings is 1. The van der Waals surface area contributed by atoms with Crippen LogP contribution in [0.25, 0.3) is 0 Å². The van der Waals surface area contributed by atoms with Crippen molar-refractivity contribution >= 4 is 11.6 Å². The van der Waals surface area contributed by atoms with Gasteiger partial charge in [-0.25, -0.2) is 0 Å². The van der Waals surface area contributed by atoms with Gasteiger partial charge in [-0.15, -0.1) is 0 Å². The fourth-order valence-corrected chi connectivity index (χ4v) is 2.81. The minimum absolute atomic E-state index is 0.0212. The summed E-state index contributed by atoms with van der Waals surface area (Å²) in [6.45, 7) is 1.88. The van der Waals surface area contributed by atoms with Crippen molar-refractivity contribution in [1.82, 2.24) is 9.88 Å². The Morgan fingerprint density at radius 3 is 2.71 bits per heavy atom. The molecular formula is C17H17N3O4. The summed E-state index contributed by atoms with van der Waals surface area (Å²) >= 11 is 0. The fraction of sp³-hybridized carbons (Fsp3) is 0.294. The number of rotatable bonds is 4. The molecule has 2 heterocycles. The smallest absolute Gasteiger partial charge is 0.270 e. The van der Waals surface area contributed by atoms with E-state index in [0.717, 1.165) is 5.69 Å². The first-order valence-corrected chi connectivity index (χ1v) is 7.60. The van der Waals surface area contributed by atoms with E-state index in [9.17, 15) is 14.9 Å². The van der Waals surface area contributed by atoms with E-state index in [0.29, 0.717) is 29.9 Å². The molecule has 0 saturated carbocycles. The predicted octanol–water partition coefficient (Wildman–Crippen LogP) is 3.38. The lowest BCUT2D eigenvalue weighted by atomic mass is 10.0. The van der Waals surface area contributed by atoms with Gasteiger partial charge in [0.2, 0.25) is 5.91 Å². The first-order valence-electron chi connectivity index (χ1n) is 7.60. The average Bonchev–Trinajstić information content (AvgIpc) is 2.89. The monoisotopic (exact) mass is 327 g/mol. The summed E-state index contributed by atoms with van der Waals surface area (Å²) in [7, 11) is 1.70. The van der Waals surface area contributed by atoms with Gasteiger partial charge in [0.05, 0.1) is 17.2 Å². The Labute approximate surface area is 139 Å². The van der Waals surface area contributed by atoms with Crippen molar-refractivity contribution < 1.29 is 14.5 Å². The number of carbonyl (C=O) groups is 1. The Bertz CT molecular complexity index is 789. The van der Waals surface area contributed by atoms with E-state index in [1.54, 1.807) is 30.3 Å². The van der Waals surface area contributed by atoms with Crippen LogP contribution in [0.3, 0.4) is 0 Å². The van der Waals surface area contributed by atoms with E-state index < -0.39 is 4.92 Å². The van der Waals surface area contributed by atoms with E-state index in [-0.39, 0.29) is 17.6 Å². The van der Waals surface area contributed by atoms with Crippen molar-refractivity contribution in [1.29, 1.82) is 0 Å². The average molecular weight is 327 g/mol. The van der Waals surface area contributed by atoms with Crippen molar-refractivity contribution in [2.75, 3.05) is 7.05 Å². The zero-order chi connectivity index (χ0) is 17.3. The molecule has 1 aromatic carbocycles. The van der Waals surface area contributed by atoms with Gasteiger partial charge in [-0.1, -0.05) is 0 Å². The minimum Gasteiger partial charge on any atom is -0.455 e. The van der Waals surface area contributed by atoms with Crippen molar-refractivity contribution in [2.24, 2.45) is 0 Å². The van der Waals surface area contributed by atoms with Gasteiger partial charge >= 0.3 is 0 Å². The van der Waals surface area contributed by atoms with Crippen molar-refractivity contribution in [3.8, 4) is 11.5 Å². The Kier molecular flexibility index (Phi) is 4.16. The molecule has 0 N–H and O–H groups in total. The highest BCUT2D eigenvalue weighted by molar-refractivity contribution is 5.79. The molecule has 1 amide bonds. The second-order valence-corrected chi connectivity index (χ2v) is 5.78. The van der Waals surface area contributed by atoms with Crippen molar-refractivity contribution in [2.45, 2.75) is 25.8 Å². The number of aromatic nitrogens is 1. The third kappa shape index (κ3) is 3.05. The number of non-ortho nitro benzene ring substituents is 1. The quantitative estimate of drug-likeness (QED) is 0.635. The molecule has 2 aromatic rings. The summed E-state index contributed by atoms with van der Waals surface area (Å²) in [5.41, 5.74) is 1.48. The van der Waals surface area contributed by atoms with Gasteiger partial charge in [0, 0.05) is 36.9 Å². The maximum atomic E-state index is 11.8. The van der Waals surface area contributed by atoms with Crippen molar-refractivity contribution in [3.05, 3.63) is 57.9 Å². The number of hydrogen-bond acceptors (Lipinski definition) is 5. The summed E-state index contributed by atoms with van der Waals surface area (Å²) in [5, 5.41) is 11.1. The number of likely N-dealkylation sites (tertiary alicyclic amines) is 1. The molecule has 1 aliphatic rings. The van der Waals surface area contributed by atoms with Crippen LogP contribution in [0.2, 0.25) is 0 Å². The number of nitro benzene ring substituents is 1. The molecule has 7 nitrogen and oxygen atoms in total. The van der Waals surface area contributed by atoms with Crippen LogP contribution in [0.1, 0.15) is 30.1 Å². The highest BCUT2D eigenvalue weighted by atomic mass is 16.6. The second kappa shape index (κ2) is 6.27. The van der Waals surface area contributed by atoms with Gasteiger partial charge in [-0.05, 0) is 31.5 Å². The van der Waals surface area contributed by atoms with Gasteiger partial charge in [-0.2, -0.15) is 0 Å². The van der Waals surface area contributed by atoms with Crippen LogP contribution >= 0.6 is 0 Å². The molecule has 1 atom stereocenters. The molecule has 7 heteroatoms. The van der Waals surface area contributed by atoms with Gasteiger partial charge in [0.25, 0.3) is 5.69 Å². The standard InChI is InChI=1S/C17H17N3O4/c1-11-3-5-13(10-18-11)24-16-7-4-12(20(22)23)9-14(16)15-6-8-17(21)19(15)2/h3-5,7,9-10,15H,6,8H2,1-2H3. The second-order valence-electron chi connectivity index (χ2n) is 5.78. The number of hydrogen-bond donors (Lipinski definition) is 0. The van der Waals surface area contributed by atoms with E-state index in [1.165, 1.54) is 12.1 Å². The first-order chi connectivity index (χ1) is 11.5. The van der Waals surface area contributed by atoms with E-state index in [1.807, 2.05) is 13.0 Å². The topological polar surface area (TPSA) is 85.6 Å². The van der Waals surface area contributed by atoms with Crippen LogP contribution < -0.4 is 4.74 Å². The number of benzene rings is 1. The molecule has 1 fully saturated rings. The number of nitro groups is 1. The van der Waals surface area contributed by atoms with Gasteiger partial charge in [0.15, 0.2) is 0 Å². The van der Waals surface area contributed by atoms with Crippen LogP contribution in [0.15, 0.2) is 36.5 Å². The summed E-state index contributed by atoms with van der Waals surface area (Å²) < 4.78 is 5.87. The van der Waals surface area contributed by atoms with Crippen molar-refractivity contribution in [3.63, 3.8) is 0 Å². The number of carbonyl (C=O) groups excluding carboxylic acids is 1. The molecule has 1 unspecified atom stereocenters. The molecule has 124 valence electrons. The Morgan fingerprint density at radius 1 is 1.33 bits per heavy atom. The highest BCUT2D eigenvalue weighted by Gasteiger charge is 2.32. The maximum Gasteiger partial charge on any atom is 0.270 e. The lowest BCUT2D eigenvalue weighted by Gasteiger charge is -2.22. The normalized spacial score (nSPS) is 17.2. The number of amides is 1. The lowest BCUT2D eigenvalue weighted by Crippen LogP contribution is -2.22. The number of nitrogens with zero attached hydrogens (tertiary/aromatic N) is 3. The molecule has 0 spiro atoms. The highest BCUT2D eigenvalue weighted by Crippen LogP contribution is 2.39. The first kappa shape index (κ1) is 15.9. The zero-order valence-electron chi connectivity index (χ0n) is 13.4. The van der Waals surface area contributed by atoms with Gasteiger partial charge < -0.3 is 9.64 Å². The minimum atomic E-state index is -0.447. The lowest BCUT2D eigenvalue weighted by molar-refractivity contribution is -0.385.